The summed E-state index contributed by atoms with van der Waals surface area (Å²) in [5.74, 6) is 0.782. The molecule has 0 aliphatic carbocycles. The van der Waals surface area contributed by atoms with Crippen molar-refractivity contribution in [3.05, 3.63) is 34.9 Å². The zero-order valence-corrected chi connectivity index (χ0v) is 9.81. The highest BCUT2D eigenvalue weighted by atomic mass is 35.5. The standard InChI is InChI=1S/C11H11ClO2S/c1-8(13)15-6-2-3-9-7-10(12)4-5-11(9)14/h2-5,7,14H,6H2,1H3. The van der Waals surface area contributed by atoms with Crippen molar-refractivity contribution in [3.63, 3.8) is 0 Å². The molecule has 1 rings (SSSR count). The molecule has 4 heteroatoms. The molecule has 0 aromatic heterocycles. The van der Waals surface area contributed by atoms with Gasteiger partial charge in [-0.1, -0.05) is 35.5 Å². The van der Waals surface area contributed by atoms with Crippen molar-refractivity contribution in [2.45, 2.75) is 6.92 Å². The Morgan fingerprint density at radius 2 is 2.33 bits per heavy atom. The number of benzene rings is 1. The lowest BCUT2D eigenvalue weighted by Gasteiger charge is -1.98. The van der Waals surface area contributed by atoms with E-state index >= 15 is 0 Å². The highest BCUT2D eigenvalue weighted by Gasteiger charge is 1.97. The molecule has 0 radical (unpaired) electrons. The van der Waals surface area contributed by atoms with Crippen LogP contribution in [0.2, 0.25) is 5.02 Å². The molecule has 1 aromatic carbocycles. The van der Waals surface area contributed by atoms with Crippen LogP contribution >= 0.6 is 23.4 Å². The molecule has 0 amide bonds. The molecule has 15 heavy (non-hydrogen) atoms. The van der Waals surface area contributed by atoms with Gasteiger partial charge in [0.25, 0.3) is 0 Å². The molecule has 0 fully saturated rings. The Labute approximate surface area is 97.9 Å². The first-order chi connectivity index (χ1) is 7.09. The number of hydrogen-bond donors (Lipinski definition) is 1. The molecule has 0 bridgehead atoms. The van der Waals surface area contributed by atoms with Gasteiger partial charge < -0.3 is 5.11 Å². The van der Waals surface area contributed by atoms with Gasteiger partial charge in [0.05, 0.1) is 0 Å². The molecule has 1 aromatic rings. The summed E-state index contributed by atoms with van der Waals surface area (Å²) in [4.78, 5) is 10.6. The highest BCUT2D eigenvalue weighted by molar-refractivity contribution is 8.13. The quantitative estimate of drug-likeness (QED) is 0.883. The third-order valence-electron chi connectivity index (χ3n) is 1.67. The molecule has 0 atom stereocenters. The number of aromatic hydroxyl groups is 1. The lowest BCUT2D eigenvalue weighted by atomic mass is 10.2. The van der Waals surface area contributed by atoms with E-state index in [1.165, 1.54) is 18.7 Å². The molecule has 0 saturated heterocycles. The Morgan fingerprint density at radius 1 is 1.60 bits per heavy atom. The molecule has 2 nitrogen and oxygen atoms in total. The Morgan fingerprint density at radius 3 is 3.00 bits per heavy atom. The Kier molecular flexibility index (Phi) is 4.72. The molecule has 80 valence electrons. The summed E-state index contributed by atoms with van der Waals surface area (Å²) >= 11 is 7.00. The molecule has 0 aliphatic rings. The monoisotopic (exact) mass is 242 g/mol. The predicted octanol–water partition coefficient (Wildman–Crippen LogP) is 3.34. The van der Waals surface area contributed by atoms with Crippen LogP contribution in [0.3, 0.4) is 0 Å². The Hall–Kier alpha value is -0.930. The summed E-state index contributed by atoms with van der Waals surface area (Å²) in [6, 6.07) is 4.84. The lowest BCUT2D eigenvalue weighted by molar-refractivity contribution is -0.109. The van der Waals surface area contributed by atoms with E-state index in [-0.39, 0.29) is 10.9 Å². The average molecular weight is 243 g/mol. The number of phenolic OH excluding ortho intramolecular Hbond substituents is 1. The number of carbonyl (C=O) groups excluding carboxylic acids is 1. The van der Waals surface area contributed by atoms with Crippen LogP contribution in [0.5, 0.6) is 5.75 Å². The zero-order valence-electron chi connectivity index (χ0n) is 8.24. The highest BCUT2D eigenvalue weighted by Crippen LogP contribution is 2.22. The fraction of sp³-hybridized carbons (Fsp3) is 0.182. The first kappa shape index (κ1) is 12.1. The van der Waals surface area contributed by atoms with E-state index in [4.69, 9.17) is 11.6 Å². The third kappa shape index (κ3) is 4.40. The van der Waals surface area contributed by atoms with Crippen molar-refractivity contribution in [1.29, 1.82) is 0 Å². The van der Waals surface area contributed by atoms with Crippen LogP contribution in [0, 0.1) is 0 Å². The van der Waals surface area contributed by atoms with E-state index < -0.39 is 0 Å². The normalized spacial score (nSPS) is 10.8. The molecule has 0 saturated carbocycles. The van der Waals surface area contributed by atoms with Gasteiger partial charge in [0.15, 0.2) is 5.12 Å². The van der Waals surface area contributed by atoms with Gasteiger partial charge in [0.2, 0.25) is 0 Å². The van der Waals surface area contributed by atoms with Gasteiger partial charge in [-0.25, -0.2) is 0 Å². The number of thioether (sulfide) groups is 1. The van der Waals surface area contributed by atoms with Gasteiger partial charge in [0, 0.05) is 23.3 Å². The predicted molar refractivity (Wildman–Crippen MR) is 65.3 cm³/mol. The van der Waals surface area contributed by atoms with Crippen LogP contribution in [0.1, 0.15) is 12.5 Å². The topological polar surface area (TPSA) is 37.3 Å². The third-order valence-corrected chi connectivity index (χ3v) is 2.67. The number of rotatable bonds is 3. The number of carbonyl (C=O) groups is 1. The SMILES string of the molecule is CC(=O)SCC=Cc1cc(Cl)ccc1O. The summed E-state index contributed by atoms with van der Waals surface area (Å²) in [7, 11) is 0. The molecule has 0 unspecified atom stereocenters. The molecule has 1 N–H and O–H groups in total. The smallest absolute Gasteiger partial charge is 0.186 e. The maximum absolute atomic E-state index is 10.6. The van der Waals surface area contributed by atoms with Crippen molar-refractivity contribution in [2.75, 3.05) is 5.75 Å². The fourth-order valence-electron chi connectivity index (χ4n) is 0.999. The van der Waals surface area contributed by atoms with Crippen molar-refractivity contribution >= 4 is 34.6 Å². The van der Waals surface area contributed by atoms with Crippen LogP contribution in [-0.4, -0.2) is 16.0 Å². The molecular weight excluding hydrogens is 232 g/mol. The first-order valence-corrected chi connectivity index (χ1v) is 5.74. The maximum Gasteiger partial charge on any atom is 0.186 e. The van der Waals surface area contributed by atoms with Gasteiger partial charge in [-0.15, -0.1) is 0 Å². The second kappa shape index (κ2) is 5.83. The van der Waals surface area contributed by atoms with Crippen molar-refractivity contribution in [3.8, 4) is 5.75 Å². The van der Waals surface area contributed by atoms with E-state index in [2.05, 4.69) is 0 Å². The van der Waals surface area contributed by atoms with Crippen LogP contribution < -0.4 is 0 Å². The van der Waals surface area contributed by atoms with Gasteiger partial charge >= 0.3 is 0 Å². The Balaban J connectivity index is 2.63. The van der Waals surface area contributed by atoms with Crippen LogP contribution in [0.15, 0.2) is 24.3 Å². The van der Waals surface area contributed by atoms with Crippen LogP contribution in [0.25, 0.3) is 6.08 Å². The van der Waals surface area contributed by atoms with Gasteiger partial charge in [-0.05, 0) is 18.2 Å². The van der Waals surface area contributed by atoms with Crippen molar-refractivity contribution < 1.29 is 9.90 Å². The molecular formula is C11H11ClO2S. The van der Waals surface area contributed by atoms with E-state index in [0.29, 0.717) is 16.3 Å². The molecule has 0 heterocycles. The lowest BCUT2D eigenvalue weighted by Crippen LogP contribution is -1.81. The van der Waals surface area contributed by atoms with Crippen molar-refractivity contribution in [1.82, 2.24) is 0 Å². The second-order valence-corrected chi connectivity index (χ2v) is 4.54. The second-order valence-electron chi connectivity index (χ2n) is 2.91. The molecule has 0 spiro atoms. The van der Waals surface area contributed by atoms with Crippen LogP contribution in [0.4, 0.5) is 0 Å². The van der Waals surface area contributed by atoms with E-state index in [9.17, 15) is 9.90 Å². The summed E-state index contributed by atoms with van der Waals surface area (Å²) in [5.41, 5.74) is 0.659. The largest absolute Gasteiger partial charge is 0.507 e. The minimum Gasteiger partial charge on any atom is -0.507 e. The average Bonchev–Trinajstić information content (AvgIpc) is 2.17. The van der Waals surface area contributed by atoms with Crippen molar-refractivity contribution in [2.24, 2.45) is 0 Å². The summed E-state index contributed by atoms with van der Waals surface area (Å²) in [6.07, 6.45) is 3.56. The summed E-state index contributed by atoms with van der Waals surface area (Å²) in [5, 5.41) is 10.1. The number of halogens is 1. The number of phenols is 1. The van der Waals surface area contributed by atoms with E-state index in [1.54, 1.807) is 24.3 Å². The zero-order chi connectivity index (χ0) is 11.3. The summed E-state index contributed by atoms with van der Waals surface area (Å²) in [6.45, 7) is 1.52. The summed E-state index contributed by atoms with van der Waals surface area (Å²) < 4.78 is 0. The minimum absolute atomic E-state index is 0.0787. The van der Waals surface area contributed by atoms with E-state index in [1.807, 2.05) is 6.08 Å². The molecule has 0 aliphatic heterocycles. The van der Waals surface area contributed by atoms with Gasteiger partial charge in [-0.2, -0.15) is 0 Å². The minimum atomic E-state index is 0.0787. The van der Waals surface area contributed by atoms with Gasteiger partial charge in [0.1, 0.15) is 5.75 Å². The van der Waals surface area contributed by atoms with Gasteiger partial charge in [-0.3, -0.25) is 4.79 Å². The van der Waals surface area contributed by atoms with Crippen LogP contribution in [-0.2, 0) is 4.79 Å². The van der Waals surface area contributed by atoms with E-state index in [0.717, 1.165) is 0 Å². The Bertz CT molecular complexity index is 388. The fourth-order valence-corrected chi connectivity index (χ4v) is 1.61. The maximum atomic E-state index is 10.6. The number of hydrogen-bond acceptors (Lipinski definition) is 3. The first-order valence-electron chi connectivity index (χ1n) is 4.38.